The number of benzene rings is 2. The summed E-state index contributed by atoms with van der Waals surface area (Å²) in [6.07, 6.45) is 0. The molecule has 3 heterocycles. The van der Waals surface area contributed by atoms with Crippen molar-refractivity contribution in [1.82, 2.24) is 20.0 Å². The maximum absolute atomic E-state index is 13.2. The van der Waals surface area contributed by atoms with Crippen molar-refractivity contribution in [2.24, 2.45) is 0 Å². The minimum Gasteiger partial charge on any atom is -0.368 e. The lowest BCUT2D eigenvalue weighted by atomic mass is 10.1. The van der Waals surface area contributed by atoms with Crippen LogP contribution >= 0.6 is 0 Å². The third kappa shape index (κ3) is 3.26. The zero-order valence-corrected chi connectivity index (χ0v) is 17.1. The van der Waals surface area contributed by atoms with E-state index in [2.05, 4.69) is 37.2 Å². The van der Waals surface area contributed by atoms with Crippen LogP contribution in [0.15, 0.2) is 54.6 Å². The van der Waals surface area contributed by atoms with E-state index in [-0.39, 0.29) is 5.82 Å². The zero-order valence-electron chi connectivity index (χ0n) is 17.1. The number of hydrogen-bond donors (Lipinski definition) is 0. The van der Waals surface area contributed by atoms with E-state index in [0.29, 0.717) is 0 Å². The van der Waals surface area contributed by atoms with E-state index in [1.807, 2.05) is 48.9 Å². The first-order valence-corrected chi connectivity index (χ1v) is 10.1. The smallest absolute Gasteiger partial charge is 0.183 e. The quantitative estimate of drug-likeness (QED) is 0.520. The lowest BCUT2D eigenvalue weighted by Gasteiger charge is -2.37. The van der Waals surface area contributed by atoms with Gasteiger partial charge in [-0.3, -0.25) is 0 Å². The summed E-state index contributed by atoms with van der Waals surface area (Å²) in [5.41, 5.74) is 3.04. The Hall–Kier alpha value is -3.48. The van der Waals surface area contributed by atoms with E-state index in [4.69, 9.17) is 0 Å². The minimum atomic E-state index is -0.207. The van der Waals surface area contributed by atoms with Gasteiger partial charge in [0.15, 0.2) is 11.6 Å². The molecule has 2 aromatic carbocycles. The molecule has 0 spiro atoms. The molecule has 1 saturated heterocycles. The largest absolute Gasteiger partial charge is 0.368 e. The second-order valence-corrected chi connectivity index (χ2v) is 7.68. The second kappa shape index (κ2) is 7.40. The number of aromatic nitrogens is 4. The molecule has 0 unspecified atom stereocenters. The number of halogens is 1. The molecule has 1 aliphatic heterocycles. The summed E-state index contributed by atoms with van der Waals surface area (Å²) in [5.74, 6) is 1.45. The molecule has 6 nitrogen and oxygen atoms in total. The molecule has 152 valence electrons. The van der Waals surface area contributed by atoms with Crippen LogP contribution in [0.4, 0.5) is 15.9 Å². The Kier molecular flexibility index (Phi) is 4.58. The Morgan fingerprint density at radius 2 is 1.37 bits per heavy atom. The molecule has 7 heteroatoms. The Balaban J connectivity index is 1.45. The Morgan fingerprint density at radius 3 is 2.00 bits per heavy atom. The topological polar surface area (TPSA) is 50.1 Å². The maximum atomic E-state index is 13.2. The van der Waals surface area contributed by atoms with Crippen LogP contribution in [-0.2, 0) is 0 Å². The summed E-state index contributed by atoms with van der Waals surface area (Å²) in [4.78, 5) is 4.55. The fraction of sp³-hybridized carbons (Fsp3) is 0.261. The van der Waals surface area contributed by atoms with Crippen LogP contribution in [-0.4, -0.2) is 46.2 Å². The molecule has 0 amide bonds. The van der Waals surface area contributed by atoms with Crippen molar-refractivity contribution >= 4 is 22.3 Å². The lowest BCUT2D eigenvalue weighted by molar-refractivity contribution is 0.624. The SMILES string of the molecule is Cc1cc(C)n(-c2nnc(N3CCN(c4ccc(F)cc4)CC3)c3ccccc23)n1. The van der Waals surface area contributed by atoms with E-state index >= 15 is 0 Å². The van der Waals surface area contributed by atoms with Crippen LogP contribution in [0.25, 0.3) is 16.6 Å². The van der Waals surface area contributed by atoms with Gasteiger partial charge >= 0.3 is 0 Å². The van der Waals surface area contributed by atoms with Gasteiger partial charge in [0, 0.05) is 48.3 Å². The van der Waals surface area contributed by atoms with Crippen molar-refractivity contribution in [3.05, 3.63) is 71.8 Å². The van der Waals surface area contributed by atoms with Gasteiger partial charge in [0.05, 0.1) is 5.69 Å². The number of piperazine rings is 1. The van der Waals surface area contributed by atoms with Gasteiger partial charge in [-0.1, -0.05) is 24.3 Å². The maximum Gasteiger partial charge on any atom is 0.183 e. The molecular weight excluding hydrogens is 379 g/mol. The van der Waals surface area contributed by atoms with Gasteiger partial charge in [-0.05, 0) is 44.2 Å². The highest BCUT2D eigenvalue weighted by Crippen LogP contribution is 2.29. The van der Waals surface area contributed by atoms with Gasteiger partial charge in [0.1, 0.15) is 5.82 Å². The Labute approximate surface area is 174 Å². The van der Waals surface area contributed by atoms with Crippen molar-refractivity contribution in [2.45, 2.75) is 13.8 Å². The molecule has 2 aromatic heterocycles. The molecule has 1 aliphatic rings. The molecular formula is C23H23FN6. The predicted molar refractivity (Wildman–Crippen MR) is 117 cm³/mol. The van der Waals surface area contributed by atoms with E-state index in [1.54, 1.807) is 0 Å². The molecule has 0 saturated carbocycles. The van der Waals surface area contributed by atoms with E-state index in [0.717, 1.165) is 65.7 Å². The van der Waals surface area contributed by atoms with E-state index in [9.17, 15) is 4.39 Å². The number of aryl methyl sites for hydroxylation is 2. The van der Waals surface area contributed by atoms with Crippen LogP contribution in [0.5, 0.6) is 0 Å². The third-order valence-corrected chi connectivity index (χ3v) is 5.63. The van der Waals surface area contributed by atoms with Gasteiger partial charge in [-0.25, -0.2) is 9.07 Å². The third-order valence-electron chi connectivity index (χ3n) is 5.63. The highest BCUT2D eigenvalue weighted by Gasteiger charge is 2.22. The van der Waals surface area contributed by atoms with Crippen molar-refractivity contribution in [1.29, 1.82) is 0 Å². The first-order chi connectivity index (χ1) is 14.6. The van der Waals surface area contributed by atoms with Gasteiger partial charge in [0.2, 0.25) is 0 Å². The summed E-state index contributed by atoms with van der Waals surface area (Å²) < 4.78 is 15.1. The lowest BCUT2D eigenvalue weighted by Crippen LogP contribution is -2.47. The molecule has 4 aromatic rings. The van der Waals surface area contributed by atoms with Gasteiger partial charge < -0.3 is 9.80 Å². The monoisotopic (exact) mass is 402 g/mol. The van der Waals surface area contributed by atoms with Gasteiger partial charge in [-0.2, -0.15) is 5.10 Å². The van der Waals surface area contributed by atoms with Crippen molar-refractivity contribution in [2.75, 3.05) is 36.0 Å². The number of fused-ring (bicyclic) bond motifs is 1. The second-order valence-electron chi connectivity index (χ2n) is 7.68. The molecule has 0 atom stereocenters. The first kappa shape index (κ1) is 18.5. The average molecular weight is 402 g/mol. The highest BCUT2D eigenvalue weighted by molar-refractivity contribution is 5.96. The van der Waals surface area contributed by atoms with Crippen molar-refractivity contribution < 1.29 is 4.39 Å². The minimum absolute atomic E-state index is 0.207. The van der Waals surface area contributed by atoms with E-state index < -0.39 is 0 Å². The summed E-state index contributed by atoms with van der Waals surface area (Å²) >= 11 is 0. The zero-order chi connectivity index (χ0) is 20.7. The molecule has 1 fully saturated rings. The Morgan fingerprint density at radius 1 is 0.767 bits per heavy atom. The van der Waals surface area contributed by atoms with Crippen LogP contribution in [0, 0.1) is 19.7 Å². The van der Waals surface area contributed by atoms with Crippen LogP contribution < -0.4 is 9.80 Å². The van der Waals surface area contributed by atoms with Gasteiger partial charge in [-0.15, -0.1) is 10.2 Å². The van der Waals surface area contributed by atoms with E-state index in [1.165, 1.54) is 12.1 Å². The molecule has 0 bridgehead atoms. The number of hydrogen-bond acceptors (Lipinski definition) is 5. The van der Waals surface area contributed by atoms with Gasteiger partial charge in [0.25, 0.3) is 0 Å². The molecule has 0 N–H and O–H groups in total. The average Bonchev–Trinajstić information content (AvgIpc) is 3.11. The summed E-state index contributed by atoms with van der Waals surface area (Å²) in [7, 11) is 0. The normalized spacial score (nSPS) is 14.5. The molecule has 0 radical (unpaired) electrons. The van der Waals surface area contributed by atoms with Crippen molar-refractivity contribution in [3.63, 3.8) is 0 Å². The fourth-order valence-electron chi connectivity index (χ4n) is 4.14. The summed E-state index contributed by atoms with van der Waals surface area (Å²) in [6.45, 7) is 7.36. The first-order valence-electron chi connectivity index (χ1n) is 10.1. The molecule has 5 rings (SSSR count). The molecule has 0 aliphatic carbocycles. The summed E-state index contributed by atoms with van der Waals surface area (Å²) in [5, 5.41) is 15.9. The number of anilines is 2. The number of nitrogens with zero attached hydrogens (tertiary/aromatic N) is 6. The molecule has 30 heavy (non-hydrogen) atoms. The van der Waals surface area contributed by atoms with Crippen molar-refractivity contribution in [3.8, 4) is 5.82 Å². The predicted octanol–water partition coefficient (Wildman–Crippen LogP) is 3.90. The summed E-state index contributed by atoms with van der Waals surface area (Å²) in [6, 6.07) is 17.0. The standard InChI is InChI=1S/C23H23FN6/c1-16-15-17(2)30(27-16)23-21-6-4-3-5-20(21)22(25-26-23)29-13-11-28(12-14-29)19-9-7-18(24)8-10-19/h3-10,15H,11-14H2,1-2H3. The highest BCUT2D eigenvalue weighted by atomic mass is 19.1. The van der Waals surface area contributed by atoms with Crippen LogP contribution in [0.3, 0.4) is 0 Å². The van der Waals surface area contributed by atoms with Crippen LogP contribution in [0.2, 0.25) is 0 Å². The Bertz CT molecular complexity index is 1190. The van der Waals surface area contributed by atoms with Crippen LogP contribution in [0.1, 0.15) is 11.4 Å². The fourth-order valence-corrected chi connectivity index (χ4v) is 4.14. The number of rotatable bonds is 3.